The van der Waals surface area contributed by atoms with Gasteiger partial charge < -0.3 is 14.7 Å². The van der Waals surface area contributed by atoms with Crippen molar-refractivity contribution in [1.29, 1.82) is 0 Å². The zero-order chi connectivity index (χ0) is 18.4. The standard InChI is InChI=1S/C19H28N2O4/c1-4-20(12-19(23)24)16-7-9-21(10-8-16)18(22)13-25-17-6-5-14(2)15(3)11-17/h5-6,11,16H,4,7-10,12-13H2,1-3H3,(H,23,24). The van der Waals surface area contributed by atoms with Gasteiger partial charge >= 0.3 is 5.97 Å². The van der Waals surface area contributed by atoms with Gasteiger partial charge in [-0.25, -0.2) is 0 Å². The normalized spacial score (nSPS) is 15.4. The quantitative estimate of drug-likeness (QED) is 0.817. The van der Waals surface area contributed by atoms with Crippen LogP contribution in [-0.2, 0) is 9.59 Å². The molecular formula is C19H28N2O4. The largest absolute Gasteiger partial charge is 0.484 e. The average molecular weight is 348 g/mol. The van der Waals surface area contributed by atoms with Crippen LogP contribution in [0.1, 0.15) is 30.9 Å². The molecule has 1 aromatic rings. The Morgan fingerprint density at radius 2 is 1.92 bits per heavy atom. The maximum atomic E-state index is 12.3. The molecule has 0 unspecified atom stereocenters. The number of likely N-dealkylation sites (tertiary alicyclic amines) is 1. The Morgan fingerprint density at radius 1 is 1.24 bits per heavy atom. The first-order valence-electron chi connectivity index (χ1n) is 8.84. The van der Waals surface area contributed by atoms with Crippen LogP contribution in [-0.4, -0.2) is 65.6 Å². The number of carboxylic acids is 1. The molecule has 1 aliphatic heterocycles. The van der Waals surface area contributed by atoms with E-state index in [1.54, 1.807) is 0 Å². The minimum Gasteiger partial charge on any atom is -0.484 e. The number of amides is 1. The highest BCUT2D eigenvalue weighted by atomic mass is 16.5. The molecule has 1 fully saturated rings. The predicted molar refractivity (Wildman–Crippen MR) is 95.9 cm³/mol. The monoisotopic (exact) mass is 348 g/mol. The van der Waals surface area contributed by atoms with Crippen LogP contribution < -0.4 is 4.74 Å². The average Bonchev–Trinajstić information content (AvgIpc) is 2.60. The molecule has 0 bridgehead atoms. The van der Waals surface area contributed by atoms with E-state index < -0.39 is 5.97 Å². The Labute approximate surface area is 149 Å². The number of hydrogen-bond donors (Lipinski definition) is 1. The predicted octanol–water partition coefficient (Wildman–Crippen LogP) is 2.08. The van der Waals surface area contributed by atoms with E-state index >= 15 is 0 Å². The molecule has 1 heterocycles. The molecule has 138 valence electrons. The van der Waals surface area contributed by atoms with Gasteiger partial charge in [-0.2, -0.15) is 0 Å². The Kier molecular flexibility index (Phi) is 6.82. The Balaban J connectivity index is 1.80. The van der Waals surface area contributed by atoms with Gasteiger partial charge in [0.1, 0.15) is 5.75 Å². The van der Waals surface area contributed by atoms with Gasteiger partial charge in [0, 0.05) is 19.1 Å². The van der Waals surface area contributed by atoms with Crippen LogP contribution in [0.25, 0.3) is 0 Å². The number of benzene rings is 1. The fraction of sp³-hybridized carbons (Fsp3) is 0.579. The molecule has 1 N–H and O–H groups in total. The zero-order valence-electron chi connectivity index (χ0n) is 15.3. The number of hydrogen-bond acceptors (Lipinski definition) is 4. The van der Waals surface area contributed by atoms with Crippen molar-refractivity contribution in [3.8, 4) is 5.75 Å². The van der Waals surface area contributed by atoms with Crippen molar-refractivity contribution in [3.05, 3.63) is 29.3 Å². The number of likely N-dealkylation sites (N-methyl/N-ethyl adjacent to an activating group) is 1. The van der Waals surface area contributed by atoms with Crippen LogP contribution in [0.2, 0.25) is 0 Å². The van der Waals surface area contributed by atoms with Crippen molar-refractivity contribution in [1.82, 2.24) is 9.80 Å². The van der Waals surface area contributed by atoms with Gasteiger partial charge in [-0.3, -0.25) is 14.5 Å². The van der Waals surface area contributed by atoms with E-state index in [1.807, 2.05) is 48.8 Å². The number of carbonyl (C=O) groups excluding carboxylic acids is 1. The molecule has 0 aromatic heterocycles. The molecule has 1 saturated heterocycles. The summed E-state index contributed by atoms with van der Waals surface area (Å²) >= 11 is 0. The molecule has 6 nitrogen and oxygen atoms in total. The highest BCUT2D eigenvalue weighted by Crippen LogP contribution is 2.18. The molecule has 0 aliphatic carbocycles. The molecule has 6 heteroatoms. The van der Waals surface area contributed by atoms with E-state index in [0.717, 1.165) is 18.4 Å². The number of carboxylic acid groups (broad SMARTS) is 1. The van der Waals surface area contributed by atoms with E-state index in [0.29, 0.717) is 25.4 Å². The number of piperidine rings is 1. The summed E-state index contributed by atoms with van der Waals surface area (Å²) in [4.78, 5) is 27.0. The van der Waals surface area contributed by atoms with Crippen molar-refractivity contribution < 1.29 is 19.4 Å². The van der Waals surface area contributed by atoms with Crippen molar-refractivity contribution >= 4 is 11.9 Å². The van der Waals surface area contributed by atoms with Gasteiger partial charge in [-0.05, 0) is 56.5 Å². The molecule has 0 spiro atoms. The smallest absolute Gasteiger partial charge is 0.317 e. The fourth-order valence-electron chi connectivity index (χ4n) is 3.19. The summed E-state index contributed by atoms with van der Waals surface area (Å²) in [6.45, 7) is 8.14. The summed E-state index contributed by atoms with van der Waals surface area (Å²) in [5.74, 6) is -0.106. The summed E-state index contributed by atoms with van der Waals surface area (Å²) < 4.78 is 5.63. The number of ether oxygens (including phenoxy) is 1. The van der Waals surface area contributed by atoms with Crippen LogP contribution >= 0.6 is 0 Å². The minimum absolute atomic E-state index is 0.0158. The highest BCUT2D eigenvalue weighted by Gasteiger charge is 2.27. The Bertz CT molecular complexity index is 609. The highest BCUT2D eigenvalue weighted by molar-refractivity contribution is 5.77. The van der Waals surface area contributed by atoms with E-state index in [9.17, 15) is 9.59 Å². The van der Waals surface area contributed by atoms with Gasteiger partial charge in [0.05, 0.1) is 6.54 Å². The first kappa shape index (κ1) is 19.2. The number of aryl methyl sites for hydroxylation is 2. The van der Waals surface area contributed by atoms with E-state index in [-0.39, 0.29) is 25.1 Å². The van der Waals surface area contributed by atoms with E-state index in [4.69, 9.17) is 9.84 Å². The molecule has 0 atom stereocenters. The van der Waals surface area contributed by atoms with Crippen molar-refractivity contribution in [2.45, 2.75) is 39.7 Å². The summed E-state index contributed by atoms with van der Waals surface area (Å²) in [5, 5.41) is 8.98. The number of aliphatic carboxylic acids is 1. The molecular weight excluding hydrogens is 320 g/mol. The zero-order valence-corrected chi connectivity index (χ0v) is 15.3. The first-order chi connectivity index (χ1) is 11.9. The van der Waals surface area contributed by atoms with Crippen molar-refractivity contribution in [2.75, 3.05) is 32.8 Å². The summed E-state index contributed by atoms with van der Waals surface area (Å²) in [6, 6.07) is 6.04. The summed E-state index contributed by atoms with van der Waals surface area (Å²) in [6.07, 6.45) is 1.60. The molecule has 25 heavy (non-hydrogen) atoms. The first-order valence-corrected chi connectivity index (χ1v) is 8.84. The maximum Gasteiger partial charge on any atom is 0.317 e. The lowest BCUT2D eigenvalue weighted by Gasteiger charge is -2.37. The second-order valence-electron chi connectivity index (χ2n) is 6.60. The molecule has 1 aliphatic rings. The lowest BCUT2D eigenvalue weighted by atomic mass is 10.0. The Hall–Kier alpha value is -2.08. The van der Waals surface area contributed by atoms with Crippen LogP contribution in [0, 0.1) is 13.8 Å². The van der Waals surface area contributed by atoms with E-state index in [1.165, 1.54) is 5.56 Å². The van der Waals surface area contributed by atoms with Crippen LogP contribution in [0.4, 0.5) is 0 Å². The number of nitrogens with zero attached hydrogens (tertiary/aromatic N) is 2. The second kappa shape index (κ2) is 8.85. The minimum atomic E-state index is -0.804. The summed E-state index contributed by atoms with van der Waals surface area (Å²) in [7, 11) is 0. The topological polar surface area (TPSA) is 70.1 Å². The molecule has 2 rings (SSSR count). The van der Waals surface area contributed by atoms with Crippen LogP contribution in [0.3, 0.4) is 0 Å². The lowest BCUT2D eigenvalue weighted by molar-refractivity contribution is -0.140. The van der Waals surface area contributed by atoms with Gasteiger partial charge in [0.15, 0.2) is 6.61 Å². The third-order valence-electron chi connectivity index (χ3n) is 4.92. The van der Waals surface area contributed by atoms with Crippen LogP contribution in [0.5, 0.6) is 5.75 Å². The molecule has 1 aromatic carbocycles. The molecule has 0 radical (unpaired) electrons. The molecule has 1 amide bonds. The third kappa shape index (κ3) is 5.46. The van der Waals surface area contributed by atoms with Crippen molar-refractivity contribution in [3.63, 3.8) is 0 Å². The third-order valence-corrected chi connectivity index (χ3v) is 4.92. The fourth-order valence-corrected chi connectivity index (χ4v) is 3.19. The van der Waals surface area contributed by atoms with Gasteiger partial charge in [-0.15, -0.1) is 0 Å². The maximum absolute atomic E-state index is 12.3. The van der Waals surface area contributed by atoms with Gasteiger partial charge in [0.2, 0.25) is 0 Å². The van der Waals surface area contributed by atoms with Crippen molar-refractivity contribution in [2.24, 2.45) is 0 Å². The number of carbonyl (C=O) groups is 2. The number of rotatable bonds is 7. The second-order valence-corrected chi connectivity index (χ2v) is 6.60. The van der Waals surface area contributed by atoms with E-state index in [2.05, 4.69) is 0 Å². The van der Waals surface area contributed by atoms with Crippen LogP contribution in [0.15, 0.2) is 18.2 Å². The van der Waals surface area contributed by atoms with Gasteiger partial charge in [-0.1, -0.05) is 13.0 Å². The SMILES string of the molecule is CCN(CC(=O)O)C1CCN(C(=O)COc2ccc(C)c(C)c2)CC1. The Morgan fingerprint density at radius 3 is 2.48 bits per heavy atom. The lowest BCUT2D eigenvalue weighted by Crippen LogP contribution is -2.49. The summed E-state index contributed by atoms with van der Waals surface area (Å²) in [5.41, 5.74) is 2.34. The molecule has 0 saturated carbocycles. The van der Waals surface area contributed by atoms with Gasteiger partial charge in [0.25, 0.3) is 5.91 Å².